The van der Waals surface area contributed by atoms with Gasteiger partial charge < -0.3 is 0 Å². The van der Waals surface area contributed by atoms with E-state index in [1.165, 1.54) is 0 Å². The fourth-order valence-corrected chi connectivity index (χ4v) is 7.22. The molecule has 0 bridgehead atoms. The van der Waals surface area contributed by atoms with Gasteiger partial charge in [0.05, 0.1) is 9.85 Å². The van der Waals surface area contributed by atoms with E-state index in [1.54, 1.807) is 48.5 Å². The number of non-ortho nitro benzene ring substituents is 2. The monoisotopic (exact) mass is 778 g/mol. The van der Waals surface area contributed by atoms with Crippen LogP contribution in [-0.2, 0) is 0 Å². The molecule has 0 saturated heterocycles. The minimum atomic E-state index is -0.381. The summed E-state index contributed by atoms with van der Waals surface area (Å²) in [6.45, 7) is 0. The van der Waals surface area contributed by atoms with Crippen LogP contribution in [0, 0.1) is 20.2 Å². The first-order valence-corrected chi connectivity index (χ1v) is 19.5. The van der Waals surface area contributed by atoms with E-state index >= 15 is 0 Å². The van der Waals surface area contributed by atoms with E-state index in [1.807, 2.05) is 60.7 Å². The van der Waals surface area contributed by atoms with E-state index in [0.29, 0.717) is 0 Å². The Kier molecular flexibility index (Phi) is 11.5. The van der Waals surface area contributed by atoms with Crippen molar-refractivity contribution in [1.82, 2.24) is 0 Å². The number of benzene rings is 8. The predicted octanol–water partition coefficient (Wildman–Crippen LogP) is 14.2. The van der Waals surface area contributed by atoms with Gasteiger partial charge in [0.15, 0.2) is 0 Å². The average molecular weight is 779 g/mol. The Balaban J connectivity index is 1.03. The van der Waals surface area contributed by atoms with E-state index in [9.17, 15) is 20.2 Å². The SMILES string of the molecule is O=[N+]([O-])c1ccc(/C(=C\c2ccc(/C=C\c3cccc4cccc(/C=C\c5ccc(/C=C(/c6ccccc6)c6ccc([N+](=O)[O-])cc6)cc5)c34)cc2)c2ccccc2)cc1. The zero-order valence-corrected chi connectivity index (χ0v) is 32.5. The van der Waals surface area contributed by atoms with Crippen LogP contribution in [0.25, 0.3) is 58.4 Å². The van der Waals surface area contributed by atoms with Gasteiger partial charge in [-0.3, -0.25) is 20.2 Å². The second kappa shape index (κ2) is 17.9. The molecule has 0 aliphatic rings. The van der Waals surface area contributed by atoms with Crippen LogP contribution in [0.3, 0.4) is 0 Å². The summed E-state index contributed by atoms with van der Waals surface area (Å²) in [7, 11) is 0. The van der Waals surface area contributed by atoms with Crippen LogP contribution in [0.1, 0.15) is 55.6 Å². The fourth-order valence-electron chi connectivity index (χ4n) is 7.22. The molecule has 288 valence electrons. The van der Waals surface area contributed by atoms with E-state index in [2.05, 4.69) is 121 Å². The highest BCUT2D eigenvalue weighted by Crippen LogP contribution is 2.31. The third kappa shape index (κ3) is 9.15. The molecule has 6 nitrogen and oxygen atoms in total. The molecular weight excluding hydrogens is 741 g/mol. The molecule has 8 rings (SSSR count). The second-order valence-corrected chi connectivity index (χ2v) is 14.2. The highest BCUT2D eigenvalue weighted by Gasteiger charge is 2.11. The summed E-state index contributed by atoms with van der Waals surface area (Å²) in [4.78, 5) is 21.8. The minimum Gasteiger partial charge on any atom is -0.258 e. The molecule has 0 unspecified atom stereocenters. The lowest BCUT2D eigenvalue weighted by Crippen LogP contribution is -1.91. The second-order valence-electron chi connectivity index (χ2n) is 14.2. The first-order valence-electron chi connectivity index (χ1n) is 19.5. The Hall–Kier alpha value is -8.22. The summed E-state index contributed by atoms with van der Waals surface area (Å²) < 4.78 is 0. The highest BCUT2D eigenvalue weighted by atomic mass is 16.6. The largest absolute Gasteiger partial charge is 0.269 e. The van der Waals surface area contributed by atoms with Crippen molar-refractivity contribution in [1.29, 1.82) is 0 Å². The smallest absolute Gasteiger partial charge is 0.258 e. The molecular formula is C54H38N2O4. The number of rotatable bonds is 12. The van der Waals surface area contributed by atoms with Crippen LogP contribution < -0.4 is 0 Å². The first kappa shape index (κ1) is 38.6. The van der Waals surface area contributed by atoms with Gasteiger partial charge in [-0.15, -0.1) is 0 Å². The van der Waals surface area contributed by atoms with E-state index < -0.39 is 0 Å². The van der Waals surface area contributed by atoms with Crippen molar-refractivity contribution >= 4 is 69.7 Å². The number of nitro benzene ring substituents is 2. The van der Waals surface area contributed by atoms with E-state index in [4.69, 9.17) is 0 Å². The molecule has 0 atom stereocenters. The Bertz CT molecular complexity index is 2710. The molecule has 6 heteroatoms. The van der Waals surface area contributed by atoms with Gasteiger partial charge in [0.1, 0.15) is 0 Å². The van der Waals surface area contributed by atoms with E-state index in [-0.39, 0.29) is 21.2 Å². The summed E-state index contributed by atoms with van der Waals surface area (Å²) in [5.74, 6) is 0. The minimum absolute atomic E-state index is 0.0637. The van der Waals surface area contributed by atoms with Crippen molar-refractivity contribution in [3.63, 3.8) is 0 Å². The maximum absolute atomic E-state index is 11.3. The molecule has 0 saturated carbocycles. The third-order valence-corrected chi connectivity index (χ3v) is 10.3. The van der Waals surface area contributed by atoms with Crippen molar-refractivity contribution in [2.75, 3.05) is 0 Å². The molecule has 0 fully saturated rings. The van der Waals surface area contributed by atoms with Crippen LogP contribution in [0.5, 0.6) is 0 Å². The highest BCUT2D eigenvalue weighted by molar-refractivity contribution is 6.00. The quantitative estimate of drug-likeness (QED) is 0.0702. The molecule has 0 aromatic heterocycles. The Morgan fingerprint density at radius 2 is 0.700 bits per heavy atom. The van der Waals surface area contributed by atoms with Crippen molar-refractivity contribution in [2.45, 2.75) is 0 Å². The molecule has 0 amide bonds. The van der Waals surface area contributed by atoms with Gasteiger partial charge in [0.25, 0.3) is 11.4 Å². The van der Waals surface area contributed by atoms with Crippen LogP contribution >= 0.6 is 0 Å². The van der Waals surface area contributed by atoms with Gasteiger partial charge in [0, 0.05) is 24.3 Å². The number of hydrogen-bond acceptors (Lipinski definition) is 4. The van der Waals surface area contributed by atoms with Gasteiger partial charge in [-0.25, -0.2) is 0 Å². The number of fused-ring (bicyclic) bond motifs is 1. The topological polar surface area (TPSA) is 86.3 Å². The molecule has 0 aliphatic heterocycles. The molecule has 0 N–H and O–H groups in total. The van der Waals surface area contributed by atoms with Crippen molar-refractivity contribution < 1.29 is 9.85 Å². The van der Waals surface area contributed by atoms with E-state index in [0.717, 1.165) is 77.6 Å². The Morgan fingerprint density at radius 1 is 0.350 bits per heavy atom. The zero-order valence-electron chi connectivity index (χ0n) is 32.5. The Labute approximate surface area is 348 Å². The van der Waals surface area contributed by atoms with Gasteiger partial charge in [0.2, 0.25) is 0 Å². The molecule has 60 heavy (non-hydrogen) atoms. The fraction of sp³-hybridized carbons (Fsp3) is 0. The number of hydrogen-bond donors (Lipinski definition) is 0. The standard InChI is InChI=1S/C54H38N2O4/c57-55(58)50-33-29-45(30-34-50)52(43-9-3-1-4-10-43)37-41-21-17-39(18-22-41)25-27-48-15-7-13-47-14-8-16-49(54(47)48)28-26-40-19-23-42(24-20-40)38-53(44-11-5-2-6-12-44)46-31-35-51(36-32-46)56(59)60/h1-38H/b27-25-,28-26-,52-37-,53-38-. The van der Waals surface area contributed by atoms with Crippen LogP contribution in [-0.4, -0.2) is 9.85 Å². The number of nitro groups is 2. The normalized spacial score (nSPS) is 12.0. The van der Waals surface area contributed by atoms with Crippen molar-refractivity contribution in [2.24, 2.45) is 0 Å². The van der Waals surface area contributed by atoms with Crippen LogP contribution in [0.2, 0.25) is 0 Å². The first-order chi connectivity index (χ1) is 29.4. The molecule has 0 radical (unpaired) electrons. The van der Waals surface area contributed by atoms with Crippen molar-refractivity contribution in [3.8, 4) is 0 Å². The summed E-state index contributed by atoms with van der Waals surface area (Å²) >= 11 is 0. The average Bonchev–Trinajstić information content (AvgIpc) is 3.30. The summed E-state index contributed by atoms with van der Waals surface area (Å²) in [5, 5.41) is 24.9. The molecule has 0 heterocycles. The lowest BCUT2D eigenvalue weighted by Gasteiger charge is -2.09. The maximum atomic E-state index is 11.3. The molecule has 0 spiro atoms. The molecule has 8 aromatic carbocycles. The molecule has 8 aromatic rings. The molecule has 0 aliphatic carbocycles. The van der Waals surface area contributed by atoms with Gasteiger partial charge in [-0.1, -0.05) is 170 Å². The van der Waals surface area contributed by atoms with Gasteiger partial charge >= 0.3 is 0 Å². The van der Waals surface area contributed by atoms with Crippen molar-refractivity contribution in [3.05, 3.63) is 270 Å². The van der Waals surface area contributed by atoms with Crippen LogP contribution in [0.15, 0.2) is 194 Å². The maximum Gasteiger partial charge on any atom is 0.269 e. The van der Waals surface area contributed by atoms with Gasteiger partial charge in [-0.05, 0) is 114 Å². The summed E-state index contributed by atoms with van der Waals surface area (Å²) in [5.41, 5.74) is 12.3. The summed E-state index contributed by atoms with van der Waals surface area (Å²) in [6, 6.07) is 62.9. The number of nitrogens with zero attached hydrogens (tertiary/aromatic N) is 2. The predicted molar refractivity (Wildman–Crippen MR) is 248 cm³/mol. The summed E-state index contributed by atoms with van der Waals surface area (Å²) in [6.07, 6.45) is 12.8. The van der Waals surface area contributed by atoms with Gasteiger partial charge in [-0.2, -0.15) is 0 Å². The third-order valence-electron chi connectivity index (χ3n) is 10.3. The lowest BCUT2D eigenvalue weighted by atomic mass is 9.95. The van der Waals surface area contributed by atoms with Crippen LogP contribution in [0.4, 0.5) is 11.4 Å². The zero-order chi connectivity index (χ0) is 41.3. The Morgan fingerprint density at radius 3 is 1.07 bits per heavy atom. The lowest BCUT2D eigenvalue weighted by molar-refractivity contribution is -0.385.